The molecule has 5 aromatic carbocycles. The van der Waals surface area contributed by atoms with Gasteiger partial charge in [-0.25, -0.2) is 0 Å². The molecule has 2 nitrogen and oxygen atoms in total. The zero-order valence-corrected chi connectivity index (χ0v) is 20.1. The van der Waals surface area contributed by atoms with Crippen molar-refractivity contribution in [2.24, 2.45) is 0 Å². The second kappa shape index (κ2) is 8.48. The van der Waals surface area contributed by atoms with Gasteiger partial charge in [-0.15, -0.1) is 0 Å². The van der Waals surface area contributed by atoms with Gasteiger partial charge in [0.1, 0.15) is 0 Å². The summed E-state index contributed by atoms with van der Waals surface area (Å²) in [6.07, 6.45) is 0. The molecule has 0 radical (unpaired) electrons. The van der Waals surface area contributed by atoms with Crippen molar-refractivity contribution >= 4 is 28.4 Å². The number of nitrogens with zero attached hydrogens (tertiary/aromatic N) is 1. The molecule has 0 amide bonds. The number of rotatable bonds is 5. The van der Waals surface area contributed by atoms with Gasteiger partial charge in [-0.3, -0.25) is 0 Å². The van der Waals surface area contributed by atoms with E-state index in [-0.39, 0.29) is 5.41 Å². The van der Waals surface area contributed by atoms with Gasteiger partial charge in [-0.1, -0.05) is 80.6 Å². The molecule has 0 saturated heterocycles. The third-order valence-electron chi connectivity index (χ3n) is 7.01. The van der Waals surface area contributed by atoms with Crippen molar-refractivity contribution in [3.8, 4) is 11.1 Å². The number of para-hydroxylation sites is 3. The number of nitrogens with one attached hydrogen (secondary N) is 1. The molecule has 6 rings (SSSR count). The van der Waals surface area contributed by atoms with Gasteiger partial charge in [0, 0.05) is 33.9 Å². The molecule has 0 unspecified atom stereocenters. The highest BCUT2D eigenvalue weighted by atomic mass is 15.1. The van der Waals surface area contributed by atoms with E-state index in [1.807, 2.05) is 6.07 Å². The Morgan fingerprint density at radius 1 is 0.486 bits per heavy atom. The lowest BCUT2D eigenvalue weighted by Crippen LogP contribution is -2.15. The van der Waals surface area contributed by atoms with Gasteiger partial charge in [0.2, 0.25) is 0 Å². The Morgan fingerprint density at radius 2 is 1.09 bits per heavy atom. The van der Waals surface area contributed by atoms with Crippen LogP contribution in [0.5, 0.6) is 0 Å². The molecule has 0 atom stereocenters. The Balaban J connectivity index is 1.45. The van der Waals surface area contributed by atoms with Gasteiger partial charge in [0.05, 0.1) is 0 Å². The lowest BCUT2D eigenvalue weighted by Gasteiger charge is -2.27. The minimum absolute atomic E-state index is 0.0676. The smallest absolute Gasteiger partial charge is 0.0468 e. The summed E-state index contributed by atoms with van der Waals surface area (Å²) in [6.45, 7) is 4.66. The van der Waals surface area contributed by atoms with Gasteiger partial charge >= 0.3 is 0 Å². The highest BCUT2D eigenvalue weighted by Crippen LogP contribution is 2.51. The predicted octanol–water partition coefficient (Wildman–Crippen LogP) is 9.21. The van der Waals surface area contributed by atoms with E-state index in [0.717, 1.165) is 28.4 Å². The molecule has 0 heterocycles. The minimum Gasteiger partial charge on any atom is -0.356 e. The molecular formula is C33H28N2. The minimum atomic E-state index is -0.0676. The zero-order valence-electron chi connectivity index (χ0n) is 20.1. The van der Waals surface area contributed by atoms with Crippen LogP contribution in [-0.4, -0.2) is 0 Å². The average Bonchev–Trinajstić information content (AvgIpc) is 3.12. The Morgan fingerprint density at radius 3 is 1.71 bits per heavy atom. The Bertz CT molecular complexity index is 1430. The van der Waals surface area contributed by atoms with Crippen LogP contribution in [0.25, 0.3) is 11.1 Å². The molecular weight excluding hydrogens is 424 g/mol. The molecule has 1 aliphatic carbocycles. The van der Waals surface area contributed by atoms with E-state index >= 15 is 0 Å². The van der Waals surface area contributed by atoms with Crippen molar-refractivity contribution in [3.63, 3.8) is 0 Å². The first kappa shape index (κ1) is 21.2. The number of fused-ring (bicyclic) bond motifs is 3. The maximum absolute atomic E-state index is 3.56. The molecule has 0 saturated carbocycles. The monoisotopic (exact) mass is 452 g/mol. The standard InChI is InChI=1S/C33H28N2/c1-33(2)31-21-19-28(35(26-14-8-4-9-15-26)27-16-10-5-11-17-27)23-30(31)29-20-18-25(22-32(29)33)34-24-12-6-3-7-13-24/h3-23,34H,1-2H3. The summed E-state index contributed by atoms with van der Waals surface area (Å²) in [7, 11) is 0. The fourth-order valence-electron chi connectivity index (χ4n) is 5.25. The Labute approximate surface area is 207 Å². The first-order chi connectivity index (χ1) is 17.1. The second-order valence-electron chi connectivity index (χ2n) is 9.61. The maximum Gasteiger partial charge on any atom is 0.0468 e. The first-order valence-electron chi connectivity index (χ1n) is 12.1. The SMILES string of the molecule is CC1(C)c2ccc(N(c3ccccc3)c3ccccc3)cc2-c2ccc(Nc3ccccc3)cc21. The van der Waals surface area contributed by atoms with Gasteiger partial charge in [-0.2, -0.15) is 0 Å². The van der Waals surface area contributed by atoms with Crippen LogP contribution in [0.15, 0.2) is 127 Å². The van der Waals surface area contributed by atoms with Crippen LogP contribution >= 0.6 is 0 Å². The summed E-state index contributed by atoms with van der Waals surface area (Å²) in [5.74, 6) is 0. The maximum atomic E-state index is 3.56. The van der Waals surface area contributed by atoms with Crippen LogP contribution in [-0.2, 0) is 5.41 Å². The summed E-state index contributed by atoms with van der Waals surface area (Å²) in [5.41, 5.74) is 11.0. The van der Waals surface area contributed by atoms with Crippen molar-refractivity contribution in [1.29, 1.82) is 0 Å². The van der Waals surface area contributed by atoms with Crippen molar-refractivity contribution in [3.05, 3.63) is 139 Å². The van der Waals surface area contributed by atoms with Crippen LogP contribution < -0.4 is 10.2 Å². The topological polar surface area (TPSA) is 15.3 Å². The lowest BCUT2D eigenvalue weighted by atomic mass is 9.82. The Kier molecular flexibility index (Phi) is 5.15. The molecule has 1 N–H and O–H groups in total. The third-order valence-corrected chi connectivity index (χ3v) is 7.01. The summed E-state index contributed by atoms with van der Waals surface area (Å²) in [6, 6.07) is 45.2. The van der Waals surface area contributed by atoms with Crippen LogP contribution in [0.4, 0.5) is 28.4 Å². The third kappa shape index (κ3) is 3.77. The summed E-state index contributed by atoms with van der Waals surface area (Å²) in [4.78, 5) is 2.33. The molecule has 0 aliphatic heterocycles. The molecule has 0 fully saturated rings. The molecule has 0 aromatic heterocycles. The van der Waals surface area contributed by atoms with Gasteiger partial charge < -0.3 is 10.2 Å². The van der Waals surface area contributed by atoms with E-state index < -0.39 is 0 Å². The fraction of sp³-hybridized carbons (Fsp3) is 0.0909. The molecule has 2 heteroatoms. The van der Waals surface area contributed by atoms with Gasteiger partial charge in [0.15, 0.2) is 0 Å². The van der Waals surface area contributed by atoms with E-state index in [1.54, 1.807) is 0 Å². The van der Waals surface area contributed by atoms with Crippen molar-refractivity contribution in [1.82, 2.24) is 0 Å². The van der Waals surface area contributed by atoms with Crippen LogP contribution in [0, 0.1) is 0 Å². The number of hydrogen-bond acceptors (Lipinski definition) is 2. The predicted molar refractivity (Wildman–Crippen MR) is 148 cm³/mol. The molecule has 1 aliphatic rings. The second-order valence-corrected chi connectivity index (χ2v) is 9.61. The molecule has 35 heavy (non-hydrogen) atoms. The normalized spacial score (nSPS) is 13.1. The average molecular weight is 453 g/mol. The number of anilines is 5. The molecule has 170 valence electrons. The van der Waals surface area contributed by atoms with E-state index in [2.05, 4.69) is 145 Å². The van der Waals surface area contributed by atoms with Crippen molar-refractivity contribution in [2.45, 2.75) is 19.3 Å². The summed E-state index contributed by atoms with van der Waals surface area (Å²) in [5, 5.41) is 3.56. The van der Waals surface area contributed by atoms with Crippen LogP contribution in [0.1, 0.15) is 25.0 Å². The van der Waals surface area contributed by atoms with Crippen LogP contribution in [0.3, 0.4) is 0 Å². The number of benzene rings is 5. The fourth-order valence-corrected chi connectivity index (χ4v) is 5.25. The molecule has 0 bridgehead atoms. The largest absolute Gasteiger partial charge is 0.356 e. The lowest BCUT2D eigenvalue weighted by molar-refractivity contribution is 0.660. The Hall–Kier alpha value is -4.30. The van der Waals surface area contributed by atoms with Gasteiger partial charge in [0.25, 0.3) is 0 Å². The van der Waals surface area contributed by atoms with E-state index in [4.69, 9.17) is 0 Å². The van der Waals surface area contributed by atoms with Crippen LogP contribution in [0.2, 0.25) is 0 Å². The van der Waals surface area contributed by atoms with E-state index in [9.17, 15) is 0 Å². The highest BCUT2D eigenvalue weighted by Gasteiger charge is 2.36. The van der Waals surface area contributed by atoms with Gasteiger partial charge in [-0.05, 0) is 82.9 Å². The highest BCUT2D eigenvalue weighted by molar-refractivity contribution is 5.87. The molecule has 0 spiro atoms. The zero-order chi connectivity index (χ0) is 23.8. The quantitative estimate of drug-likeness (QED) is 0.286. The molecule has 5 aromatic rings. The van der Waals surface area contributed by atoms with E-state index in [0.29, 0.717) is 0 Å². The van der Waals surface area contributed by atoms with Crippen molar-refractivity contribution in [2.75, 3.05) is 10.2 Å². The first-order valence-corrected chi connectivity index (χ1v) is 12.1. The number of hydrogen-bond donors (Lipinski definition) is 1. The summed E-state index contributed by atoms with van der Waals surface area (Å²) >= 11 is 0. The summed E-state index contributed by atoms with van der Waals surface area (Å²) < 4.78 is 0. The van der Waals surface area contributed by atoms with E-state index in [1.165, 1.54) is 22.3 Å². The van der Waals surface area contributed by atoms with Crippen molar-refractivity contribution < 1.29 is 0 Å².